The van der Waals surface area contributed by atoms with Crippen molar-refractivity contribution < 1.29 is 4.74 Å². The molecule has 18 heavy (non-hydrogen) atoms. The molecule has 2 rings (SSSR count). The van der Waals surface area contributed by atoms with E-state index in [1.165, 1.54) is 0 Å². The number of methoxy groups -OCH3 is 1. The first kappa shape index (κ1) is 13.2. The molecule has 0 saturated heterocycles. The van der Waals surface area contributed by atoms with Gasteiger partial charge >= 0.3 is 0 Å². The number of rotatable bonds is 5. The molecule has 0 amide bonds. The van der Waals surface area contributed by atoms with Crippen molar-refractivity contribution in [3.05, 3.63) is 24.0 Å². The lowest BCUT2D eigenvalue weighted by Gasteiger charge is -2.10. The number of nitrogens with zero attached hydrogens (tertiary/aromatic N) is 2. The van der Waals surface area contributed by atoms with Crippen molar-refractivity contribution in [3.8, 4) is 5.75 Å². The van der Waals surface area contributed by atoms with E-state index in [-0.39, 0.29) is 0 Å². The number of halogens is 1. The molecular weight excluding hydrogens is 248 g/mol. The minimum Gasteiger partial charge on any atom is -0.497 e. The van der Waals surface area contributed by atoms with Crippen molar-refractivity contribution in [2.45, 2.75) is 32.7 Å². The molecule has 0 aliphatic heterocycles. The fraction of sp³-hybridized carbons (Fsp3) is 0.500. The zero-order chi connectivity index (χ0) is 13.1. The first-order valence-electron chi connectivity index (χ1n) is 6.24. The Morgan fingerprint density at radius 3 is 2.78 bits per heavy atom. The van der Waals surface area contributed by atoms with E-state index in [4.69, 9.17) is 16.3 Å². The number of fused-ring (bicyclic) bond motifs is 1. The topological polar surface area (TPSA) is 27.1 Å². The van der Waals surface area contributed by atoms with Gasteiger partial charge in [0.25, 0.3) is 0 Å². The molecule has 4 heteroatoms. The molecule has 0 radical (unpaired) electrons. The average molecular weight is 267 g/mol. The predicted molar refractivity (Wildman–Crippen MR) is 75.3 cm³/mol. The Labute approximate surface area is 113 Å². The maximum Gasteiger partial charge on any atom is 0.124 e. The highest BCUT2D eigenvalue weighted by atomic mass is 35.5. The van der Waals surface area contributed by atoms with Crippen LogP contribution >= 0.6 is 11.6 Å². The average Bonchev–Trinajstić information content (AvgIpc) is 2.72. The van der Waals surface area contributed by atoms with E-state index < -0.39 is 0 Å². The molecular formula is C14H19ClN2O. The molecule has 1 aromatic heterocycles. The summed E-state index contributed by atoms with van der Waals surface area (Å²) in [6.45, 7) is 5.39. The van der Waals surface area contributed by atoms with Crippen LogP contribution in [0.5, 0.6) is 5.75 Å². The van der Waals surface area contributed by atoms with E-state index in [2.05, 4.69) is 23.4 Å². The van der Waals surface area contributed by atoms with Gasteiger partial charge in [-0.2, -0.15) is 0 Å². The summed E-state index contributed by atoms with van der Waals surface area (Å²) in [5, 5.41) is 0. The molecule has 0 bridgehead atoms. The SMILES string of the molecule is COc1ccc2nc(CCl)n(CCC(C)C)c2c1. The number of benzene rings is 1. The fourth-order valence-electron chi connectivity index (χ4n) is 2.02. The Kier molecular flexibility index (Phi) is 4.12. The van der Waals surface area contributed by atoms with Crippen LogP contribution in [0.3, 0.4) is 0 Å². The maximum atomic E-state index is 5.98. The number of aromatic nitrogens is 2. The summed E-state index contributed by atoms with van der Waals surface area (Å²) in [6.07, 6.45) is 1.12. The zero-order valence-corrected chi connectivity index (χ0v) is 11.9. The van der Waals surface area contributed by atoms with Crippen molar-refractivity contribution in [2.75, 3.05) is 7.11 Å². The highest BCUT2D eigenvalue weighted by Crippen LogP contribution is 2.23. The van der Waals surface area contributed by atoms with Crippen molar-refractivity contribution >= 4 is 22.6 Å². The highest BCUT2D eigenvalue weighted by molar-refractivity contribution is 6.16. The van der Waals surface area contributed by atoms with Gasteiger partial charge in [0.15, 0.2) is 0 Å². The Morgan fingerprint density at radius 1 is 1.39 bits per heavy atom. The molecule has 98 valence electrons. The Balaban J connectivity index is 2.45. The molecule has 0 aliphatic rings. The minimum absolute atomic E-state index is 0.440. The molecule has 1 aromatic carbocycles. The lowest BCUT2D eigenvalue weighted by Crippen LogP contribution is -2.05. The van der Waals surface area contributed by atoms with Gasteiger partial charge in [-0.3, -0.25) is 0 Å². The molecule has 0 saturated carbocycles. The van der Waals surface area contributed by atoms with Crippen LogP contribution < -0.4 is 4.74 Å². The van der Waals surface area contributed by atoms with Gasteiger partial charge in [0, 0.05) is 12.6 Å². The lowest BCUT2D eigenvalue weighted by atomic mass is 10.1. The van der Waals surface area contributed by atoms with E-state index >= 15 is 0 Å². The van der Waals surface area contributed by atoms with Crippen LogP contribution in [0.15, 0.2) is 18.2 Å². The second kappa shape index (κ2) is 5.61. The third kappa shape index (κ3) is 2.61. The molecule has 3 nitrogen and oxygen atoms in total. The lowest BCUT2D eigenvalue weighted by molar-refractivity contribution is 0.415. The van der Waals surface area contributed by atoms with Gasteiger partial charge in [0.2, 0.25) is 0 Å². The molecule has 0 atom stereocenters. The Bertz CT molecular complexity index is 534. The third-order valence-electron chi connectivity index (χ3n) is 3.08. The summed E-state index contributed by atoms with van der Waals surface area (Å²) >= 11 is 5.98. The largest absolute Gasteiger partial charge is 0.497 e. The summed E-state index contributed by atoms with van der Waals surface area (Å²) in [7, 11) is 1.68. The van der Waals surface area contributed by atoms with E-state index in [9.17, 15) is 0 Å². The van der Waals surface area contributed by atoms with Gasteiger partial charge in [0.05, 0.1) is 24.0 Å². The van der Waals surface area contributed by atoms with E-state index in [1.807, 2.05) is 18.2 Å². The fourth-order valence-corrected chi connectivity index (χ4v) is 2.22. The number of aryl methyl sites for hydroxylation is 1. The smallest absolute Gasteiger partial charge is 0.124 e. The van der Waals surface area contributed by atoms with Gasteiger partial charge in [-0.15, -0.1) is 11.6 Å². The standard InChI is InChI=1S/C14H19ClN2O/c1-10(2)6-7-17-13-8-11(18-3)4-5-12(13)16-14(17)9-15/h4-5,8,10H,6-7,9H2,1-3H3. The highest BCUT2D eigenvalue weighted by Gasteiger charge is 2.11. The first-order chi connectivity index (χ1) is 8.65. The normalized spacial score (nSPS) is 11.4. The summed E-state index contributed by atoms with van der Waals surface area (Å²) in [5.74, 6) is 2.89. The number of hydrogen-bond donors (Lipinski definition) is 0. The zero-order valence-electron chi connectivity index (χ0n) is 11.1. The number of imidazole rings is 1. The van der Waals surface area contributed by atoms with Gasteiger partial charge in [-0.1, -0.05) is 13.8 Å². The van der Waals surface area contributed by atoms with Crippen molar-refractivity contribution in [3.63, 3.8) is 0 Å². The maximum absolute atomic E-state index is 5.98. The second-order valence-corrected chi connectivity index (χ2v) is 5.12. The predicted octanol–water partition coefficient (Wildman–Crippen LogP) is 3.83. The molecule has 2 aromatic rings. The number of ether oxygens (including phenoxy) is 1. The van der Waals surface area contributed by atoms with Crippen LogP contribution in [0.2, 0.25) is 0 Å². The monoisotopic (exact) mass is 266 g/mol. The van der Waals surface area contributed by atoms with Gasteiger partial charge in [-0.05, 0) is 24.5 Å². The van der Waals surface area contributed by atoms with Crippen LogP contribution in [0.25, 0.3) is 11.0 Å². The minimum atomic E-state index is 0.440. The van der Waals surface area contributed by atoms with Crippen molar-refractivity contribution in [1.29, 1.82) is 0 Å². The van der Waals surface area contributed by atoms with Crippen LogP contribution in [0, 0.1) is 5.92 Å². The van der Waals surface area contributed by atoms with Crippen molar-refractivity contribution in [2.24, 2.45) is 5.92 Å². The van der Waals surface area contributed by atoms with E-state index in [0.717, 1.165) is 35.6 Å². The van der Waals surface area contributed by atoms with E-state index in [1.54, 1.807) is 7.11 Å². The summed E-state index contributed by atoms with van der Waals surface area (Å²) < 4.78 is 7.47. The summed E-state index contributed by atoms with van der Waals surface area (Å²) in [5.41, 5.74) is 2.08. The first-order valence-corrected chi connectivity index (χ1v) is 6.78. The molecule has 0 N–H and O–H groups in total. The molecule has 0 aliphatic carbocycles. The summed E-state index contributed by atoms with van der Waals surface area (Å²) in [4.78, 5) is 4.56. The van der Waals surface area contributed by atoms with Crippen LogP contribution in [0.4, 0.5) is 0 Å². The molecule has 1 heterocycles. The van der Waals surface area contributed by atoms with E-state index in [0.29, 0.717) is 11.8 Å². The van der Waals surface area contributed by atoms with Gasteiger partial charge < -0.3 is 9.30 Å². The van der Waals surface area contributed by atoms with Gasteiger partial charge in [0.1, 0.15) is 11.6 Å². The second-order valence-electron chi connectivity index (χ2n) is 4.85. The number of alkyl halides is 1. The van der Waals surface area contributed by atoms with Crippen LogP contribution in [-0.2, 0) is 12.4 Å². The Hall–Kier alpha value is -1.22. The number of hydrogen-bond acceptors (Lipinski definition) is 2. The quantitative estimate of drug-likeness (QED) is 0.769. The molecule has 0 spiro atoms. The third-order valence-corrected chi connectivity index (χ3v) is 3.32. The summed E-state index contributed by atoms with van der Waals surface area (Å²) in [6, 6.07) is 5.94. The van der Waals surface area contributed by atoms with Crippen LogP contribution in [-0.4, -0.2) is 16.7 Å². The van der Waals surface area contributed by atoms with Gasteiger partial charge in [-0.25, -0.2) is 4.98 Å². The van der Waals surface area contributed by atoms with Crippen molar-refractivity contribution in [1.82, 2.24) is 9.55 Å². The Morgan fingerprint density at radius 2 is 2.17 bits per heavy atom. The van der Waals surface area contributed by atoms with Crippen LogP contribution in [0.1, 0.15) is 26.1 Å². The molecule has 0 fully saturated rings. The molecule has 0 unspecified atom stereocenters.